The molecule has 0 bridgehead atoms. The molecule has 0 saturated carbocycles. The summed E-state index contributed by atoms with van der Waals surface area (Å²) in [5, 5.41) is 2.84. The molecule has 1 atom stereocenters. The molecule has 0 aliphatic rings. The minimum absolute atomic E-state index is 0.105. The minimum atomic E-state index is -0.337. The summed E-state index contributed by atoms with van der Waals surface area (Å²) in [4.78, 5) is 11.8. The van der Waals surface area contributed by atoms with E-state index >= 15 is 0 Å². The molecule has 1 unspecified atom stereocenters. The largest absolute Gasteiger partial charge is 0.484 e. The summed E-state index contributed by atoms with van der Waals surface area (Å²) in [6, 6.07) is 13.2. The van der Waals surface area contributed by atoms with Gasteiger partial charge >= 0.3 is 0 Å². The molecule has 0 spiro atoms. The van der Waals surface area contributed by atoms with E-state index in [4.69, 9.17) is 4.74 Å². The fourth-order valence-electron chi connectivity index (χ4n) is 1.80. The lowest BCUT2D eigenvalue weighted by Crippen LogP contribution is -2.31. The van der Waals surface area contributed by atoms with Gasteiger partial charge in [0.25, 0.3) is 5.91 Å². The normalized spacial score (nSPS) is 11.8. The molecular formula is C16H15BrFNO2. The first-order valence-electron chi connectivity index (χ1n) is 6.48. The zero-order valence-corrected chi connectivity index (χ0v) is 13.1. The Hall–Kier alpha value is -1.88. The van der Waals surface area contributed by atoms with Crippen LogP contribution in [-0.2, 0) is 4.79 Å². The summed E-state index contributed by atoms with van der Waals surface area (Å²) in [5.41, 5.74) is 1.01. The zero-order chi connectivity index (χ0) is 15.2. The number of benzene rings is 2. The molecule has 0 radical (unpaired) electrons. The third-order valence-electron chi connectivity index (χ3n) is 2.93. The number of hydrogen-bond acceptors (Lipinski definition) is 2. The Morgan fingerprint density at radius 3 is 2.43 bits per heavy atom. The van der Waals surface area contributed by atoms with Crippen molar-refractivity contribution in [2.75, 3.05) is 6.61 Å². The highest BCUT2D eigenvalue weighted by Gasteiger charge is 2.10. The summed E-state index contributed by atoms with van der Waals surface area (Å²) < 4.78 is 19.0. The second kappa shape index (κ2) is 7.22. The number of rotatable bonds is 5. The molecule has 0 aliphatic heterocycles. The summed E-state index contributed by atoms with van der Waals surface area (Å²) in [7, 11) is 0. The first-order valence-corrected chi connectivity index (χ1v) is 7.27. The third kappa shape index (κ3) is 4.86. The van der Waals surface area contributed by atoms with Crippen molar-refractivity contribution in [2.45, 2.75) is 13.0 Å². The smallest absolute Gasteiger partial charge is 0.258 e. The van der Waals surface area contributed by atoms with Gasteiger partial charge in [-0.15, -0.1) is 0 Å². The average molecular weight is 352 g/mol. The molecule has 0 fully saturated rings. The topological polar surface area (TPSA) is 38.3 Å². The molecule has 3 nitrogen and oxygen atoms in total. The van der Waals surface area contributed by atoms with Crippen LogP contribution in [0, 0.1) is 5.82 Å². The number of halogens is 2. The first-order chi connectivity index (χ1) is 10.0. The van der Waals surface area contributed by atoms with Gasteiger partial charge in [0.15, 0.2) is 6.61 Å². The van der Waals surface area contributed by atoms with Gasteiger partial charge in [-0.05, 0) is 48.9 Å². The fraction of sp³-hybridized carbons (Fsp3) is 0.188. The summed E-state index contributed by atoms with van der Waals surface area (Å²) >= 11 is 3.37. The van der Waals surface area contributed by atoms with Crippen LogP contribution in [0.15, 0.2) is 53.0 Å². The Labute approximate surface area is 131 Å². The van der Waals surface area contributed by atoms with E-state index in [9.17, 15) is 9.18 Å². The molecule has 0 heterocycles. The van der Waals surface area contributed by atoms with Gasteiger partial charge in [-0.3, -0.25) is 4.79 Å². The lowest BCUT2D eigenvalue weighted by molar-refractivity contribution is -0.123. The summed E-state index contributed by atoms with van der Waals surface area (Å²) in [6.45, 7) is 1.80. The van der Waals surface area contributed by atoms with E-state index in [-0.39, 0.29) is 24.4 Å². The molecule has 1 N–H and O–H groups in total. The molecule has 0 aliphatic carbocycles. The van der Waals surface area contributed by atoms with Gasteiger partial charge in [0, 0.05) is 4.47 Å². The van der Waals surface area contributed by atoms with Crippen LogP contribution in [0.4, 0.5) is 4.39 Å². The number of hydrogen-bond donors (Lipinski definition) is 1. The Bertz CT molecular complexity index is 599. The maximum absolute atomic E-state index is 12.7. The second-order valence-electron chi connectivity index (χ2n) is 4.58. The van der Waals surface area contributed by atoms with Crippen LogP contribution in [-0.4, -0.2) is 12.5 Å². The highest BCUT2D eigenvalue weighted by Crippen LogP contribution is 2.16. The van der Waals surface area contributed by atoms with Gasteiger partial charge in [-0.25, -0.2) is 4.39 Å². The Morgan fingerprint density at radius 1 is 1.19 bits per heavy atom. The highest BCUT2D eigenvalue weighted by atomic mass is 79.9. The van der Waals surface area contributed by atoms with E-state index in [1.54, 1.807) is 0 Å². The summed E-state index contributed by atoms with van der Waals surface area (Å²) in [5.74, 6) is -0.103. The third-order valence-corrected chi connectivity index (χ3v) is 3.46. The monoisotopic (exact) mass is 351 g/mol. The van der Waals surface area contributed by atoms with Crippen LogP contribution in [0.3, 0.4) is 0 Å². The first kappa shape index (κ1) is 15.5. The van der Waals surface area contributed by atoms with Crippen LogP contribution in [0.25, 0.3) is 0 Å². The van der Waals surface area contributed by atoms with Crippen molar-refractivity contribution >= 4 is 21.8 Å². The van der Waals surface area contributed by atoms with Crippen LogP contribution < -0.4 is 10.1 Å². The number of ether oxygens (including phenoxy) is 1. The lowest BCUT2D eigenvalue weighted by Gasteiger charge is -2.14. The molecule has 2 aromatic rings. The maximum atomic E-state index is 12.7. The second-order valence-corrected chi connectivity index (χ2v) is 5.50. The molecular weight excluding hydrogens is 337 g/mol. The highest BCUT2D eigenvalue weighted by molar-refractivity contribution is 9.10. The van der Waals surface area contributed by atoms with Gasteiger partial charge in [-0.2, -0.15) is 0 Å². The SMILES string of the molecule is CC(NC(=O)COc1ccc(F)cc1)c1ccc(Br)cc1. The fourth-order valence-corrected chi connectivity index (χ4v) is 2.06. The minimum Gasteiger partial charge on any atom is -0.484 e. The van der Waals surface area contributed by atoms with Crippen LogP contribution in [0.2, 0.25) is 0 Å². The molecule has 0 aromatic heterocycles. The van der Waals surface area contributed by atoms with Crippen molar-refractivity contribution in [2.24, 2.45) is 0 Å². The van der Waals surface area contributed by atoms with E-state index in [1.165, 1.54) is 24.3 Å². The lowest BCUT2D eigenvalue weighted by atomic mass is 10.1. The van der Waals surface area contributed by atoms with Gasteiger partial charge in [0.05, 0.1) is 6.04 Å². The molecule has 21 heavy (non-hydrogen) atoms. The van der Waals surface area contributed by atoms with Gasteiger partial charge in [0.1, 0.15) is 11.6 Å². The average Bonchev–Trinajstić information content (AvgIpc) is 2.47. The van der Waals surface area contributed by atoms with Gasteiger partial charge in [0.2, 0.25) is 0 Å². The van der Waals surface area contributed by atoms with Crippen molar-refractivity contribution in [3.05, 3.63) is 64.4 Å². The molecule has 2 aromatic carbocycles. The summed E-state index contributed by atoms with van der Waals surface area (Å²) in [6.07, 6.45) is 0. The van der Waals surface area contributed by atoms with Crippen molar-refractivity contribution in [1.29, 1.82) is 0 Å². The van der Waals surface area contributed by atoms with Gasteiger partial charge in [-0.1, -0.05) is 28.1 Å². The van der Waals surface area contributed by atoms with E-state index in [0.717, 1.165) is 10.0 Å². The Morgan fingerprint density at radius 2 is 1.81 bits per heavy atom. The number of amides is 1. The number of carbonyl (C=O) groups excluding carboxylic acids is 1. The molecule has 5 heteroatoms. The van der Waals surface area contributed by atoms with Crippen LogP contribution in [0.5, 0.6) is 5.75 Å². The standard InChI is InChI=1S/C16H15BrFNO2/c1-11(12-2-4-13(17)5-3-12)19-16(20)10-21-15-8-6-14(18)7-9-15/h2-9,11H,10H2,1H3,(H,19,20). The van der Waals surface area contributed by atoms with Gasteiger partial charge < -0.3 is 10.1 Å². The predicted molar refractivity (Wildman–Crippen MR) is 82.6 cm³/mol. The van der Waals surface area contributed by atoms with Crippen molar-refractivity contribution < 1.29 is 13.9 Å². The van der Waals surface area contributed by atoms with E-state index in [2.05, 4.69) is 21.2 Å². The predicted octanol–water partition coefficient (Wildman–Crippen LogP) is 3.84. The molecule has 1 amide bonds. The van der Waals surface area contributed by atoms with Crippen LogP contribution >= 0.6 is 15.9 Å². The van der Waals surface area contributed by atoms with Crippen molar-refractivity contribution in [1.82, 2.24) is 5.32 Å². The van der Waals surface area contributed by atoms with Crippen molar-refractivity contribution in [3.63, 3.8) is 0 Å². The Balaban J connectivity index is 1.83. The number of nitrogens with one attached hydrogen (secondary N) is 1. The Kier molecular flexibility index (Phi) is 5.33. The zero-order valence-electron chi connectivity index (χ0n) is 11.5. The molecule has 110 valence electrons. The molecule has 0 saturated heterocycles. The molecule has 2 rings (SSSR count). The maximum Gasteiger partial charge on any atom is 0.258 e. The number of carbonyl (C=O) groups is 1. The quantitative estimate of drug-likeness (QED) is 0.888. The van der Waals surface area contributed by atoms with E-state index < -0.39 is 0 Å². The van der Waals surface area contributed by atoms with Crippen molar-refractivity contribution in [3.8, 4) is 5.75 Å². The van der Waals surface area contributed by atoms with Crippen LogP contribution in [0.1, 0.15) is 18.5 Å². The van der Waals surface area contributed by atoms with E-state index in [1.807, 2.05) is 31.2 Å². The van der Waals surface area contributed by atoms with E-state index in [0.29, 0.717) is 5.75 Å².